The summed E-state index contributed by atoms with van der Waals surface area (Å²) in [5.74, 6) is -0.143. The summed E-state index contributed by atoms with van der Waals surface area (Å²) in [4.78, 5) is 11.9. The van der Waals surface area contributed by atoms with Crippen molar-refractivity contribution in [2.24, 2.45) is 0 Å². The molecular weight excluding hydrogens is 238 g/mol. The fourth-order valence-electron chi connectivity index (χ4n) is 1.67. The summed E-state index contributed by atoms with van der Waals surface area (Å²) in [5.41, 5.74) is 1.52. The lowest BCUT2D eigenvalue weighted by Gasteiger charge is -2.16. The Kier molecular flexibility index (Phi) is 5.45. The van der Waals surface area contributed by atoms with Crippen LogP contribution in [0, 0.1) is 6.92 Å². The first-order valence-electron chi connectivity index (χ1n) is 5.75. The standard InChI is InChI=1S/C13H18ClNO2/c1-3-12(4-5-16)15-13(17)10-6-9(2)7-11(14)8-10/h6-8,12,16H,3-5H2,1-2H3,(H,15,17). The van der Waals surface area contributed by atoms with Crippen molar-refractivity contribution in [3.05, 3.63) is 34.3 Å². The second-order valence-electron chi connectivity index (χ2n) is 4.11. The second kappa shape index (κ2) is 6.62. The minimum atomic E-state index is -0.143. The Morgan fingerprint density at radius 3 is 2.71 bits per heavy atom. The van der Waals surface area contributed by atoms with Crippen LogP contribution in [0.3, 0.4) is 0 Å². The number of amides is 1. The molecule has 1 atom stereocenters. The van der Waals surface area contributed by atoms with Gasteiger partial charge in [-0.25, -0.2) is 0 Å². The molecule has 0 saturated carbocycles. The fourth-order valence-corrected chi connectivity index (χ4v) is 1.96. The number of carbonyl (C=O) groups excluding carboxylic acids is 1. The largest absolute Gasteiger partial charge is 0.396 e. The van der Waals surface area contributed by atoms with Gasteiger partial charge < -0.3 is 10.4 Å². The molecule has 0 saturated heterocycles. The lowest BCUT2D eigenvalue weighted by Crippen LogP contribution is -2.35. The van der Waals surface area contributed by atoms with Crippen molar-refractivity contribution in [2.75, 3.05) is 6.61 Å². The Morgan fingerprint density at radius 2 is 2.18 bits per heavy atom. The van der Waals surface area contributed by atoms with E-state index in [1.807, 2.05) is 19.9 Å². The normalized spacial score (nSPS) is 12.2. The predicted molar refractivity (Wildman–Crippen MR) is 69.4 cm³/mol. The predicted octanol–water partition coefficient (Wildman–Crippen LogP) is 2.54. The van der Waals surface area contributed by atoms with Crippen molar-refractivity contribution in [1.29, 1.82) is 0 Å². The maximum Gasteiger partial charge on any atom is 0.251 e. The van der Waals surface area contributed by atoms with Gasteiger partial charge >= 0.3 is 0 Å². The number of rotatable bonds is 5. The highest BCUT2D eigenvalue weighted by molar-refractivity contribution is 6.31. The zero-order chi connectivity index (χ0) is 12.8. The number of aliphatic hydroxyl groups excluding tert-OH is 1. The molecular formula is C13H18ClNO2. The van der Waals surface area contributed by atoms with E-state index in [1.54, 1.807) is 12.1 Å². The van der Waals surface area contributed by atoms with Crippen molar-refractivity contribution in [2.45, 2.75) is 32.7 Å². The molecule has 4 heteroatoms. The Hall–Kier alpha value is -1.06. The van der Waals surface area contributed by atoms with Crippen LogP contribution in [0.2, 0.25) is 5.02 Å². The van der Waals surface area contributed by atoms with Crippen LogP contribution in [-0.4, -0.2) is 23.7 Å². The van der Waals surface area contributed by atoms with E-state index < -0.39 is 0 Å². The van der Waals surface area contributed by atoms with E-state index >= 15 is 0 Å². The molecule has 0 aliphatic heterocycles. The average molecular weight is 256 g/mol. The Balaban J connectivity index is 2.75. The summed E-state index contributed by atoms with van der Waals surface area (Å²) < 4.78 is 0. The number of carbonyl (C=O) groups is 1. The highest BCUT2D eigenvalue weighted by atomic mass is 35.5. The Morgan fingerprint density at radius 1 is 1.47 bits per heavy atom. The summed E-state index contributed by atoms with van der Waals surface area (Å²) in [6.45, 7) is 3.95. The monoisotopic (exact) mass is 255 g/mol. The Labute approximate surface area is 107 Å². The van der Waals surface area contributed by atoms with Crippen LogP contribution in [0.5, 0.6) is 0 Å². The van der Waals surface area contributed by atoms with E-state index in [-0.39, 0.29) is 18.6 Å². The number of hydrogen-bond donors (Lipinski definition) is 2. The van der Waals surface area contributed by atoms with E-state index in [1.165, 1.54) is 0 Å². The molecule has 0 bridgehead atoms. The highest BCUT2D eigenvalue weighted by Gasteiger charge is 2.12. The van der Waals surface area contributed by atoms with Crippen molar-refractivity contribution in [3.8, 4) is 0 Å². The highest BCUT2D eigenvalue weighted by Crippen LogP contribution is 2.14. The molecule has 1 aromatic carbocycles. The van der Waals surface area contributed by atoms with E-state index in [0.717, 1.165) is 12.0 Å². The van der Waals surface area contributed by atoms with Gasteiger partial charge in [-0.05, 0) is 43.5 Å². The zero-order valence-electron chi connectivity index (χ0n) is 10.2. The first kappa shape index (κ1) is 14.0. The molecule has 0 fully saturated rings. The van der Waals surface area contributed by atoms with E-state index in [2.05, 4.69) is 5.32 Å². The number of aryl methyl sites for hydroxylation is 1. The molecule has 2 N–H and O–H groups in total. The summed E-state index contributed by atoms with van der Waals surface area (Å²) in [6, 6.07) is 5.26. The Bertz CT molecular complexity index is 373. The molecule has 1 amide bonds. The molecule has 0 aromatic heterocycles. The number of nitrogens with one attached hydrogen (secondary N) is 1. The maximum atomic E-state index is 11.9. The third-order valence-electron chi connectivity index (χ3n) is 2.61. The summed E-state index contributed by atoms with van der Waals surface area (Å²) >= 11 is 5.91. The number of hydrogen-bond acceptors (Lipinski definition) is 2. The van der Waals surface area contributed by atoms with Gasteiger partial charge in [-0.1, -0.05) is 18.5 Å². The van der Waals surface area contributed by atoms with Crippen LogP contribution in [0.1, 0.15) is 35.7 Å². The average Bonchev–Trinajstić information content (AvgIpc) is 2.27. The van der Waals surface area contributed by atoms with Gasteiger partial charge in [0.15, 0.2) is 0 Å². The molecule has 0 spiro atoms. The molecule has 0 radical (unpaired) electrons. The van der Waals surface area contributed by atoms with Gasteiger partial charge in [0.1, 0.15) is 0 Å². The van der Waals surface area contributed by atoms with E-state index in [9.17, 15) is 4.79 Å². The van der Waals surface area contributed by atoms with E-state index in [0.29, 0.717) is 17.0 Å². The molecule has 94 valence electrons. The maximum absolute atomic E-state index is 11.9. The third kappa shape index (κ3) is 4.36. The molecule has 0 aliphatic carbocycles. The first-order chi connectivity index (χ1) is 8.06. The van der Waals surface area contributed by atoms with Crippen LogP contribution in [-0.2, 0) is 0 Å². The van der Waals surface area contributed by atoms with Gasteiger partial charge in [-0.15, -0.1) is 0 Å². The van der Waals surface area contributed by atoms with Crippen molar-refractivity contribution in [1.82, 2.24) is 5.32 Å². The molecule has 0 heterocycles. The van der Waals surface area contributed by atoms with Gasteiger partial charge in [0, 0.05) is 23.2 Å². The van der Waals surface area contributed by atoms with Gasteiger partial charge in [-0.2, -0.15) is 0 Å². The van der Waals surface area contributed by atoms with Crippen LogP contribution >= 0.6 is 11.6 Å². The lowest BCUT2D eigenvalue weighted by atomic mass is 10.1. The summed E-state index contributed by atoms with van der Waals surface area (Å²) in [7, 11) is 0. The third-order valence-corrected chi connectivity index (χ3v) is 2.83. The number of halogens is 1. The van der Waals surface area contributed by atoms with Crippen molar-refractivity contribution in [3.63, 3.8) is 0 Å². The van der Waals surface area contributed by atoms with Gasteiger partial charge in [0.05, 0.1) is 0 Å². The minimum Gasteiger partial charge on any atom is -0.396 e. The minimum absolute atomic E-state index is 0.00628. The fraction of sp³-hybridized carbons (Fsp3) is 0.462. The van der Waals surface area contributed by atoms with Gasteiger partial charge in [0.25, 0.3) is 5.91 Å². The van der Waals surface area contributed by atoms with Gasteiger partial charge in [0.2, 0.25) is 0 Å². The van der Waals surface area contributed by atoms with Crippen molar-refractivity contribution < 1.29 is 9.90 Å². The summed E-state index contributed by atoms with van der Waals surface area (Å²) in [6.07, 6.45) is 1.37. The van der Waals surface area contributed by atoms with Crippen molar-refractivity contribution >= 4 is 17.5 Å². The van der Waals surface area contributed by atoms with Gasteiger partial charge in [-0.3, -0.25) is 4.79 Å². The van der Waals surface area contributed by atoms with E-state index in [4.69, 9.17) is 16.7 Å². The summed E-state index contributed by atoms with van der Waals surface area (Å²) in [5, 5.41) is 12.3. The molecule has 1 rings (SSSR count). The molecule has 17 heavy (non-hydrogen) atoms. The SMILES string of the molecule is CCC(CCO)NC(=O)c1cc(C)cc(Cl)c1. The molecule has 0 aliphatic rings. The quantitative estimate of drug-likeness (QED) is 0.850. The number of aliphatic hydroxyl groups is 1. The lowest BCUT2D eigenvalue weighted by molar-refractivity contribution is 0.0929. The topological polar surface area (TPSA) is 49.3 Å². The number of benzene rings is 1. The van der Waals surface area contributed by atoms with Crippen LogP contribution < -0.4 is 5.32 Å². The molecule has 3 nitrogen and oxygen atoms in total. The molecule has 1 aromatic rings. The smallest absolute Gasteiger partial charge is 0.251 e. The van der Waals surface area contributed by atoms with Crippen LogP contribution in [0.15, 0.2) is 18.2 Å². The van der Waals surface area contributed by atoms with Crippen LogP contribution in [0.4, 0.5) is 0 Å². The second-order valence-corrected chi connectivity index (χ2v) is 4.54. The first-order valence-corrected chi connectivity index (χ1v) is 6.13. The zero-order valence-corrected chi connectivity index (χ0v) is 10.9. The molecule has 1 unspecified atom stereocenters. The van der Waals surface area contributed by atoms with Crippen LogP contribution in [0.25, 0.3) is 0 Å².